The first-order valence-corrected chi connectivity index (χ1v) is 11.5. The molecule has 34 heavy (non-hydrogen) atoms. The molecule has 0 radical (unpaired) electrons. The normalized spacial score (nSPS) is 18.3. The molecule has 1 aromatic heterocycles. The number of rotatable bonds is 5. The Bertz CT molecular complexity index is 1340. The Labute approximate surface area is 204 Å². The molecule has 1 fully saturated rings. The summed E-state index contributed by atoms with van der Waals surface area (Å²) in [4.78, 5) is 23.5. The third-order valence-electron chi connectivity index (χ3n) is 5.95. The molecule has 1 aliphatic heterocycles. The number of halogens is 2. The molecule has 174 valence electrons. The van der Waals surface area contributed by atoms with Gasteiger partial charge in [-0.15, -0.1) is 0 Å². The molecule has 0 bridgehead atoms. The van der Waals surface area contributed by atoms with Crippen LogP contribution in [0.3, 0.4) is 0 Å². The molecule has 2 heterocycles. The van der Waals surface area contributed by atoms with Gasteiger partial charge in [-0.3, -0.25) is 4.79 Å². The summed E-state index contributed by atoms with van der Waals surface area (Å²) in [6.07, 6.45) is 5.89. The Balaban J connectivity index is 1.79. The van der Waals surface area contributed by atoms with Crippen LogP contribution < -0.4 is 5.32 Å². The van der Waals surface area contributed by atoms with Crippen molar-refractivity contribution >= 4 is 39.8 Å². The summed E-state index contributed by atoms with van der Waals surface area (Å²) in [6, 6.07) is 8.48. The molecular formula is C27H26ClFN4O. The van der Waals surface area contributed by atoms with Gasteiger partial charge in [0, 0.05) is 29.3 Å². The SMILES string of the molecule is C/C=C/C(=O)Cc1cc2c(Nc3cccc(Cl)c3F)ncnc2cc1C#C[C@@]1(C)CCN(C)C1. The molecule has 0 saturated carbocycles. The van der Waals surface area contributed by atoms with Crippen LogP contribution >= 0.6 is 11.6 Å². The molecule has 7 heteroatoms. The number of fused-ring (bicyclic) bond motifs is 1. The van der Waals surface area contributed by atoms with Gasteiger partial charge in [0.25, 0.3) is 0 Å². The van der Waals surface area contributed by atoms with Crippen LogP contribution in [0.5, 0.6) is 0 Å². The summed E-state index contributed by atoms with van der Waals surface area (Å²) >= 11 is 5.93. The minimum Gasteiger partial charge on any atom is -0.337 e. The highest BCUT2D eigenvalue weighted by molar-refractivity contribution is 6.31. The van der Waals surface area contributed by atoms with Crippen molar-refractivity contribution < 1.29 is 9.18 Å². The molecule has 0 amide bonds. The predicted molar refractivity (Wildman–Crippen MR) is 135 cm³/mol. The van der Waals surface area contributed by atoms with E-state index in [4.69, 9.17) is 11.6 Å². The van der Waals surface area contributed by atoms with Crippen LogP contribution in [0.1, 0.15) is 31.4 Å². The number of hydrogen-bond donors (Lipinski definition) is 1. The summed E-state index contributed by atoms with van der Waals surface area (Å²) < 4.78 is 14.5. The Morgan fingerprint density at radius 3 is 2.91 bits per heavy atom. The van der Waals surface area contributed by atoms with Gasteiger partial charge in [0.2, 0.25) is 0 Å². The first kappa shape index (κ1) is 23.9. The molecule has 1 N–H and O–H groups in total. The highest BCUT2D eigenvalue weighted by atomic mass is 35.5. The minimum absolute atomic E-state index is 0.0182. The molecule has 1 saturated heterocycles. The van der Waals surface area contributed by atoms with Crippen molar-refractivity contribution in [3.63, 3.8) is 0 Å². The van der Waals surface area contributed by atoms with Crippen LogP contribution in [0.15, 0.2) is 48.8 Å². The molecule has 2 aromatic carbocycles. The van der Waals surface area contributed by atoms with Crippen LogP contribution in [0.2, 0.25) is 5.02 Å². The number of likely N-dealkylation sites (tertiary alicyclic amines) is 1. The van der Waals surface area contributed by atoms with E-state index in [-0.39, 0.29) is 28.3 Å². The molecule has 0 aliphatic carbocycles. The van der Waals surface area contributed by atoms with E-state index >= 15 is 0 Å². The van der Waals surface area contributed by atoms with Crippen molar-refractivity contribution in [3.8, 4) is 11.8 Å². The lowest BCUT2D eigenvalue weighted by atomic mass is 9.89. The number of benzene rings is 2. The second kappa shape index (κ2) is 9.92. The van der Waals surface area contributed by atoms with E-state index in [0.29, 0.717) is 16.7 Å². The first-order valence-electron chi connectivity index (χ1n) is 11.1. The number of hydrogen-bond acceptors (Lipinski definition) is 5. The van der Waals surface area contributed by atoms with Gasteiger partial charge in [0.05, 0.1) is 16.2 Å². The van der Waals surface area contributed by atoms with Gasteiger partial charge >= 0.3 is 0 Å². The molecule has 1 atom stereocenters. The maximum Gasteiger partial charge on any atom is 0.165 e. The van der Waals surface area contributed by atoms with Crippen molar-refractivity contribution in [1.29, 1.82) is 0 Å². The minimum atomic E-state index is -0.559. The van der Waals surface area contributed by atoms with Gasteiger partial charge < -0.3 is 10.2 Å². The smallest absolute Gasteiger partial charge is 0.165 e. The number of ketones is 1. The largest absolute Gasteiger partial charge is 0.337 e. The quantitative estimate of drug-likeness (QED) is 0.386. The monoisotopic (exact) mass is 476 g/mol. The zero-order valence-electron chi connectivity index (χ0n) is 19.5. The molecular weight excluding hydrogens is 451 g/mol. The lowest BCUT2D eigenvalue weighted by Crippen LogP contribution is -2.20. The lowest BCUT2D eigenvalue weighted by molar-refractivity contribution is -0.114. The van der Waals surface area contributed by atoms with E-state index in [1.165, 1.54) is 12.4 Å². The first-order chi connectivity index (χ1) is 16.3. The average Bonchev–Trinajstić information content (AvgIpc) is 3.14. The fourth-order valence-corrected chi connectivity index (χ4v) is 4.36. The number of nitrogens with one attached hydrogen (secondary N) is 1. The molecule has 0 spiro atoms. The van der Waals surface area contributed by atoms with Crippen LogP contribution in [-0.4, -0.2) is 40.8 Å². The summed E-state index contributed by atoms with van der Waals surface area (Å²) in [7, 11) is 2.10. The van der Waals surface area contributed by atoms with E-state index in [0.717, 1.165) is 30.6 Å². The molecule has 5 nitrogen and oxygen atoms in total. The van der Waals surface area contributed by atoms with Gasteiger partial charge in [0.15, 0.2) is 11.6 Å². The summed E-state index contributed by atoms with van der Waals surface area (Å²) in [5.74, 6) is 6.61. The molecule has 4 rings (SSSR count). The van der Waals surface area contributed by atoms with E-state index in [9.17, 15) is 9.18 Å². The van der Waals surface area contributed by atoms with Crippen molar-refractivity contribution in [3.05, 3.63) is 70.8 Å². The number of allylic oxidation sites excluding steroid dienone is 2. The van der Waals surface area contributed by atoms with Gasteiger partial charge in [-0.05, 0) is 69.8 Å². The second-order valence-electron chi connectivity index (χ2n) is 8.92. The second-order valence-corrected chi connectivity index (χ2v) is 9.32. The molecule has 3 aromatic rings. The van der Waals surface area contributed by atoms with Crippen molar-refractivity contribution in [1.82, 2.24) is 14.9 Å². The fraction of sp³-hybridized carbons (Fsp3) is 0.296. The number of aromatic nitrogens is 2. The number of anilines is 2. The van der Waals surface area contributed by atoms with Crippen LogP contribution in [0, 0.1) is 23.1 Å². The molecule has 1 aliphatic rings. The maximum atomic E-state index is 14.5. The van der Waals surface area contributed by atoms with E-state index in [1.807, 2.05) is 19.1 Å². The highest BCUT2D eigenvalue weighted by Gasteiger charge is 2.30. The Kier molecular flexibility index (Phi) is 6.97. The maximum absolute atomic E-state index is 14.5. The third-order valence-corrected chi connectivity index (χ3v) is 6.24. The van der Waals surface area contributed by atoms with Gasteiger partial charge in [0.1, 0.15) is 12.1 Å². The zero-order valence-corrected chi connectivity index (χ0v) is 20.2. The highest BCUT2D eigenvalue weighted by Crippen LogP contribution is 2.31. The third kappa shape index (κ3) is 5.27. The molecule has 0 unspecified atom stereocenters. The van der Waals surface area contributed by atoms with Gasteiger partial charge in [-0.2, -0.15) is 0 Å². The summed E-state index contributed by atoms with van der Waals surface area (Å²) in [6.45, 7) is 5.89. The van der Waals surface area contributed by atoms with Crippen molar-refractivity contribution in [2.75, 3.05) is 25.5 Å². The predicted octanol–water partition coefficient (Wildman–Crippen LogP) is 5.55. The standard InChI is InChI=1S/C27H26ClFN4O/c1-4-6-20(34)13-19-14-21-24(15-18(19)9-10-27(2)11-12-33(3)16-27)30-17-31-26(21)32-23-8-5-7-22(28)25(23)29/h4-8,14-15,17H,11-13,16H2,1-3H3,(H,30,31,32)/b6-4+/t27-/m0/s1. The number of nitrogens with zero attached hydrogens (tertiary/aromatic N) is 3. The van der Waals surface area contributed by atoms with Gasteiger partial charge in [-0.1, -0.05) is 35.6 Å². The Morgan fingerprint density at radius 2 is 2.18 bits per heavy atom. The zero-order chi connectivity index (χ0) is 24.3. The van der Waals surface area contributed by atoms with E-state index in [1.54, 1.807) is 24.3 Å². The van der Waals surface area contributed by atoms with Crippen LogP contribution in [0.25, 0.3) is 10.9 Å². The average molecular weight is 477 g/mol. The summed E-state index contributed by atoms with van der Waals surface area (Å²) in [5.41, 5.74) is 2.31. The summed E-state index contributed by atoms with van der Waals surface area (Å²) in [5, 5.41) is 3.70. The topological polar surface area (TPSA) is 58.1 Å². The Hall–Kier alpha value is -3.27. The lowest BCUT2D eigenvalue weighted by Gasteiger charge is -2.16. The van der Waals surface area contributed by atoms with Gasteiger partial charge in [-0.25, -0.2) is 14.4 Å². The number of carbonyl (C=O) groups excluding carboxylic acids is 1. The van der Waals surface area contributed by atoms with Crippen molar-refractivity contribution in [2.24, 2.45) is 5.41 Å². The van der Waals surface area contributed by atoms with E-state index < -0.39 is 5.82 Å². The van der Waals surface area contributed by atoms with Crippen LogP contribution in [0.4, 0.5) is 15.9 Å². The Morgan fingerprint density at radius 1 is 1.35 bits per heavy atom. The van der Waals surface area contributed by atoms with Crippen LogP contribution in [-0.2, 0) is 11.2 Å². The van der Waals surface area contributed by atoms with E-state index in [2.05, 4.69) is 46.0 Å². The fourth-order valence-electron chi connectivity index (χ4n) is 4.18. The number of carbonyl (C=O) groups is 1. The van der Waals surface area contributed by atoms with Crippen molar-refractivity contribution in [2.45, 2.75) is 26.7 Å².